The molecule has 0 aromatic heterocycles. The molecule has 108 valence electrons. The highest BCUT2D eigenvalue weighted by molar-refractivity contribution is 5.42. The zero-order valence-electron chi connectivity index (χ0n) is 11.0. The van der Waals surface area contributed by atoms with E-state index in [0.29, 0.717) is 18.4 Å². The third kappa shape index (κ3) is 6.41. The van der Waals surface area contributed by atoms with Gasteiger partial charge in [-0.1, -0.05) is 49.4 Å². The lowest BCUT2D eigenvalue weighted by Gasteiger charge is -2.21. The minimum Gasteiger partial charge on any atom is -0.873 e. The lowest BCUT2D eigenvalue weighted by molar-refractivity contribution is -0.318. The monoisotopic (exact) mass is 270 g/mol. The highest BCUT2D eigenvalue weighted by Gasteiger charge is 2.01. The van der Waals surface area contributed by atoms with Crippen LogP contribution in [-0.2, 0) is 6.42 Å². The minimum absolute atomic E-state index is 0.00413. The van der Waals surface area contributed by atoms with Crippen LogP contribution in [0.2, 0.25) is 0 Å². The van der Waals surface area contributed by atoms with Crippen molar-refractivity contribution in [1.82, 2.24) is 0 Å². The number of benzene rings is 1. The summed E-state index contributed by atoms with van der Waals surface area (Å²) >= 11 is 0. The molecule has 0 bridgehead atoms. The first-order valence-electron chi connectivity index (χ1n) is 6.85. The van der Waals surface area contributed by atoms with Gasteiger partial charge in [-0.3, -0.25) is 0 Å². The van der Waals surface area contributed by atoms with Gasteiger partial charge in [0.15, 0.2) is 0 Å². The van der Waals surface area contributed by atoms with Crippen molar-refractivity contribution in [3.8, 4) is 11.5 Å². The lowest BCUT2D eigenvalue weighted by Crippen LogP contribution is -2.03. The molecule has 4 heteroatoms. The van der Waals surface area contributed by atoms with Crippen LogP contribution < -0.4 is 10.2 Å². The largest absolute Gasteiger partial charge is 0.873 e. The Bertz CT molecular complexity index is 367. The zero-order chi connectivity index (χ0) is 14.1. The molecule has 0 heterocycles. The van der Waals surface area contributed by atoms with Crippen LogP contribution in [0.5, 0.6) is 11.5 Å². The standard InChI is InChI=1S/C15H22F2O2/c16-14(17)11-6-4-2-1-3-5-8-12-9-7-10-13(18)15(12)19/h7,9-10,14,18-19H,1-6,8,11H2/p-2. The van der Waals surface area contributed by atoms with Gasteiger partial charge in [0.05, 0.1) is 0 Å². The molecule has 0 radical (unpaired) electrons. The second-order valence-electron chi connectivity index (χ2n) is 4.80. The number of rotatable bonds is 9. The Hall–Kier alpha value is -1.32. The summed E-state index contributed by atoms with van der Waals surface area (Å²) < 4.78 is 23.7. The second-order valence-corrected chi connectivity index (χ2v) is 4.80. The van der Waals surface area contributed by atoms with E-state index >= 15 is 0 Å². The van der Waals surface area contributed by atoms with Crippen molar-refractivity contribution in [2.45, 2.75) is 57.8 Å². The highest BCUT2D eigenvalue weighted by atomic mass is 19.3. The lowest BCUT2D eigenvalue weighted by atomic mass is 10.0. The maximum absolute atomic E-state index is 11.9. The van der Waals surface area contributed by atoms with Gasteiger partial charge in [-0.25, -0.2) is 8.78 Å². The van der Waals surface area contributed by atoms with Crippen molar-refractivity contribution in [3.05, 3.63) is 23.8 Å². The van der Waals surface area contributed by atoms with Gasteiger partial charge in [-0.15, -0.1) is 11.5 Å². The molecule has 0 saturated heterocycles. The second kappa shape index (κ2) is 8.73. The smallest absolute Gasteiger partial charge is 0.238 e. The van der Waals surface area contributed by atoms with Crippen molar-refractivity contribution in [2.75, 3.05) is 0 Å². The molecule has 0 fully saturated rings. The number of hydrogen-bond acceptors (Lipinski definition) is 2. The summed E-state index contributed by atoms with van der Waals surface area (Å²) in [5, 5.41) is 22.6. The molecule has 0 unspecified atom stereocenters. The fraction of sp³-hybridized carbons (Fsp3) is 0.600. The van der Waals surface area contributed by atoms with E-state index in [1.54, 1.807) is 12.1 Å². The number of unbranched alkanes of at least 4 members (excludes halogenated alkanes) is 5. The van der Waals surface area contributed by atoms with Crippen molar-refractivity contribution in [3.63, 3.8) is 0 Å². The average molecular weight is 270 g/mol. The Morgan fingerprint density at radius 2 is 1.53 bits per heavy atom. The van der Waals surface area contributed by atoms with Gasteiger partial charge in [0.2, 0.25) is 6.43 Å². The molecule has 0 aliphatic heterocycles. The van der Waals surface area contributed by atoms with Gasteiger partial charge < -0.3 is 10.2 Å². The fourth-order valence-corrected chi connectivity index (χ4v) is 2.08. The molecule has 0 amide bonds. The minimum atomic E-state index is -2.19. The molecular weight excluding hydrogens is 250 g/mol. The van der Waals surface area contributed by atoms with Crippen LogP contribution >= 0.6 is 0 Å². The van der Waals surface area contributed by atoms with Crippen LogP contribution in [0.25, 0.3) is 0 Å². The summed E-state index contributed by atoms with van der Waals surface area (Å²) in [7, 11) is 0. The van der Waals surface area contributed by atoms with Gasteiger partial charge >= 0.3 is 0 Å². The molecule has 19 heavy (non-hydrogen) atoms. The predicted octanol–water partition coefficient (Wildman–Crippen LogP) is 3.37. The topological polar surface area (TPSA) is 46.1 Å². The quantitative estimate of drug-likeness (QED) is 0.646. The maximum atomic E-state index is 11.9. The normalized spacial score (nSPS) is 11.1. The first kappa shape index (κ1) is 15.7. The maximum Gasteiger partial charge on any atom is 0.238 e. The van der Waals surface area contributed by atoms with E-state index in [9.17, 15) is 19.0 Å². The number of para-hydroxylation sites is 1. The molecule has 0 spiro atoms. The SMILES string of the molecule is [O-]c1cccc(CCCCCCCCC(F)F)c1[O-]. The Labute approximate surface area is 113 Å². The van der Waals surface area contributed by atoms with Gasteiger partial charge in [0, 0.05) is 6.42 Å². The molecule has 0 N–H and O–H groups in total. The molecule has 1 aromatic carbocycles. The Morgan fingerprint density at radius 1 is 0.895 bits per heavy atom. The summed E-state index contributed by atoms with van der Waals surface area (Å²) in [6, 6.07) is 4.60. The predicted molar refractivity (Wildman–Crippen MR) is 67.4 cm³/mol. The summed E-state index contributed by atoms with van der Waals surface area (Å²) in [5.41, 5.74) is 0.588. The van der Waals surface area contributed by atoms with Gasteiger partial charge in [0.1, 0.15) is 0 Å². The first-order chi connectivity index (χ1) is 9.11. The first-order valence-corrected chi connectivity index (χ1v) is 6.85. The Balaban J connectivity index is 2.06. The third-order valence-corrected chi connectivity index (χ3v) is 3.18. The van der Waals surface area contributed by atoms with E-state index in [2.05, 4.69) is 0 Å². The number of halogens is 2. The van der Waals surface area contributed by atoms with E-state index in [0.717, 1.165) is 32.1 Å². The van der Waals surface area contributed by atoms with Crippen molar-refractivity contribution < 1.29 is 19.0 Å². The summed E-state index contributed by atoms with van der Waals surface area (Å²) in [4.78, 5) is 0. The van der Waals surface area contributed by atoms with Crippen LogP contribution in [0.15, 0.2) is 18.2 Å². The van der Waals surface area contributed by atoms with Crippen LogP contribution in [0.1, 0.15) is 50.5 Å². The molecular formula is C15H20F2O2-2. The average Bonchev–Trinajstić information content (AvgIpc) is 2.37. The molecule has 1 aromatic rings. The Kier molecular flexibility index (Phi) is 7.23. The summed E-state index contributed by atoms with van der Waals surface area (Å²) in [6.07, 6.45) is 3.66. The number of hydrogen-bond donors (Lipinski definition) is 0. The van der Waals surface area contributed by atoms with Crippen molar-refractivity contribution in [2.24, 2.45) is 0 Å². The molecule has 2 nitrogen and oxygen atoms in total. The highest BCUT2D eigenvalue weighted by Crippen LogP contribution is 2.24. The van der Waals surface area contributed by atoms with E-state index in [1.165, 1.54) is 6.07 Å². The molecule has 0 aliphatic carbocycles. The molecule has 0 saturated carbocycles. The van der Waals surface area contributed by atoms with Gasteiger partial charge in [-0.05, 0) is 19.3 Å². The number of aryl methyl sites for hydroxylation is 1. The fourth-order valence-electron chi connectivity index (χ4n) is 2.08. The summed E-state index contributed by atoms with van der Waals surface area (Å²) in [5.74, 6) is -0.830. The van der Waals surface area contributed by atoms with Gasteiger partial charge in [-0.2, -0.15) is 0 Å². The number of alkyl halides is 2. The van der Waals surface area contributed by atoms with E-state index in [-0.39, 0.29) is 12.2 Å². The summed E-state index contributed by atoms with van der Waals surface area (Å²) in [6.45, 7) is 0. The van der Waals surface area contributed by atoms with Crippen LogP contribution in [0.3, 0.4) is 0 Å². The molecule has 1 rings (SSSR count). The van der Waals surface area contributed by atoms with Crippen LogP contribution in [0.4, 0.5) is 8.78 Å². The molecule has 0 atom stereocenters. The van der Waals surface area contributed by atoms with Crippen molar-refractivity contribution in [1.29, 1.82) is 0 Å². The zero-order valence-corrected chi connectivity index (χ0v) is 11.0. The Morgan fingerprint density at radius 3 is 2.21 bits per heavy atom. The van der Waals surface area contributed by atoms with E-state index in [4.69, 9.17) is 0 Å². The molecule has 0 aliphatic rings. The van der Waals surface area contributed by atoms with Gasteiger partial charge in [0.25, 0.3) is 0 Å². The van der Waals surface area contributed by atoms with Crippen molar-refractivity contribution >= 4 is 0 Å². The van der Waals surface area contributed by atoms with Crippen LogP contribution in [0, 0.1) is 0 Å². The van der Waals surface area contributed by atoms with Crippen LogP contribution in [-0.4, -0.2) is 6.43 Å². The third-order valence-electron chi connectivity index (χ3n) is 3.18. The van der Waals surface area contributed by atoms with E-state index in [1.807, 2.05) is 0 Å². The van der Waals surface area contributed by atoms with E-state index < -0.39 is 12.2 Å².